The summed E-state index contributed by atoms with van der Waals surface area (Å²) >= 11 is 0. The molecule has 0 saturated heterocycles. The first kappa shape index (κ1) is 15.5. The first-order chi connectivity index (χ1) is 11.0. The van der Waals surface area contributed by atoms with Crippen molar-refractivity contribution in [3.63, 3.8) is 0 Å². The van der Waals surface area contributed by atoms with Crippen molar-refractivity contribution in [3.8, 4) is 0 Å². The fourth-order valence-corrected chi connectivity index (χ4v) is 3.27. The molecular formula is C18H17NO4. The van der Waals surface area contributed by atoms with Gasteiger partial charge in [-0.05, 0) is 6.42 Å². The Morgan fingerprint density at radius 2 is 1.78 bits per heavy atom. The Labute approximate surface area is 133 Å². The van der Waals surface area contributed by atoms with E-state index in [9.17, 15) is 19.2 Å². The van der Waals surface area contributed by atoms with Gasteiger partial charge in [-0.25, -0.2) is 0 Å². The average molecular weight is 311 g/mol. The first-order valence-corrected chi connectivity index (χ1v) is 7.67. The molecule has 1 fully saturated rings. The fourth-order valence-electron chi connectivity index (χ4n) is 3.27. The van der Waals surface area contributed by atoms with Gasteiger partial charge in [-0.3, -0.25) is 19.2 Å². The highest BCUT2D eigenvalue weighted by molar-refractivity contribution is 6.22. The Hall–Kier alpha value is -2.40. The third kappa shape index (κ3) is 2.68. The van der Waals surface area contributed by atoms with Gasteiger partial charge in [-0.2, -0.15) is 0 Å². The Kier molecular flexibility index (Phi) is 4.05. The molecule has 0 aromatic heterocycles. The van der Waals surface area contributed by atoms with Crippen molar-refractivity contribution < 1.29 is 19.2 Å². The standard InChI is InChI=1S/C18H17NO4/c19-9-14-15(20)6-5-10(17(14)22)7-11-8-16(21)12-3-1-2-4-13(12)18(11)23/h1-4,7,10,14H,5-6,8-9,19H2. The third-order valence-electron chi connectivity index (χ3n) is 4.55. The summed E-state index contributed by atoms with van der Waals surface area (Å²) < 4.78 is 0. The lowest BCUT2D eigenvalue weighted by atomic mass is 9.76. The molecule has 5 nitrogen and oxygen atoms in total. The summed E-state index contributed by atoms with van der Waals surface area (Å²) in [7, 11) is 0. The van der Waals surface area contributed by atoms with Crippen molar-refractivity contribution >= 4 is 23.1 Å². The van der Waals surface area contributed by atoms with E-state index in [1.165, 1.54) is 0 Å². The molecule has 3 rings (SSSR count). The zero-order valence-electron chi connectivity index (χ0n) is 12.6. The van der Waals surface area contributed by atoms with E-state index in [0.717, 1.165) is 0 Å². The quantitative estimate of drug-likeness (QED) is 0.660. The van der Waals surface area contributed by atoms with Gasteiger partial charge in [0, 0.05) is 42.0 Å². The van der Waals surface area contributed by atoms with E-state index >= 15 is 0 Å². The molecule has 2 atom stereocenters. The lowest BCUT2D eigenvalue weighted by Gasteiger charge is -2.25. The van der Waals surface area contributed by atoms with Gasteiger partial charge in [-0.15, -0.1) is 0 Å². The van der Waals surface area contributed by atoms with E-state index in [4.69, 9.17) is 5.73 Å². The molecule has 2 aliphatic rings. The van der Waals surface area contributed by atoms with Gasteiger partial charge in [0.15, 0.2) is 17.3 Å². The summed E-state index contributed by atoms with van der Waals surface area (Å²) in [4.78, 5) is 48.8. The highest BCUT2D eigenvalue weighted by atomic mass is 16.2. The molecular weight excluding hydrogens is 294 g/mol. The van der Waals surface area contributed by atoms with Gasteiger partial charge in [0.25, 0.3) is 0 Å². The molecule has 2 aliphatic carbocycles. The number of ketones is 4. The molecule has 1 aromatic rings. The molecule has 0 heterocycles. The lowest BCUT2D eigenvalue weighted by molar-refractivity contribution is -0.137. The number of carbonyl (C=O) groups is 4. The molecule has 0 radical (unpaired) electrons. The minimum absolute atomic E-state index is 0.000858. The number of rotatable bonds is 2. The molecule has 0 spiro atoms. The van der Waals surface area contributed by atoms with E-state index < -0.39 is 11.8 Å². The van der Waals surface area contributed by atoms with Crippen molar-refractivity contribution in [1.82, 2.24) is 0 Å². The number of carbonyl (C=O) groups excluding carboxylic acids is 4. The van der Waals surface area contributed by atoms with Gasteiger partial charge < -0.3 is 5.73 Å². The summed E-state index contributed by atoms with van der Waals surface area (Å²) in [6.07, 6.45) is 2.23. The van der Waals surface area contributed by atoms with Crippen LogP contribution in [0.3, 0.4) is 0 Å². The Balaban J connectivity index is 1.92. The molecule has 118 valence electrons. The maximum atomic E-state index is 12.5. The van der Waals surface area contributed by atoms with Crippen LogP contribution in [0.5, 0.6) is 0 Å². The smallest absolute Gasteiger partial charge is 0.189 e. The second-order valence-electron chi connectivity index (χ2n) is 5.97. The number of benzene rings is 1. The van der Waals surface area contributed by atoms with Crippen LogP contribution >= 0.6 is 0 Å². The Morgan fingerprint density at radius 1 is 1.09 bits per heavy atom. The van der Waals surface area contributed by atoms with Crippen molar-refractivity contribution in [2.45, 2.75) is 19.3 Å². The summed E-state index contributed by atoms with van der Waals surface area (Å²) in [5.74, 6) is -2.01. The van der Waals surface area contributed by atoms with Crippen molar-refractivity contribution in [1.29, 1.82) is 0 Å². The highest BCUT2D eigenvalue weighted by Crippen LogP contribution is 2.30. The summed E-state index contributed by atoms with van der Waals surface area (Å²) in [5, 5.41) is 0. The van der Waals surface area contributed by atoms with E-state index in [-0.39, 0.29) is 42.5 Å². The lowest BCUT2D eigenvalue weighted by Crippen LogP contribution is -2.39. The Bertz CT molecular complexity index is 747. The van der Waals surface area contributed by atoms with Gasteiger partial charge in [0.1, 0.15) is 5.78 Å². The molecule has 2 unspecified atom stereocenters. The van der Waals surface area contributed by atoms with Crippen LogP contribution in [-0.4, -0.2) is 29.7 Å². The van der Waals surface area contributed by atoms with Crippen LogP contribution in [-0.2, 0) is 9.59 Å². The second-order valence-corrected chi connectivity index (χ2v) is 5.97. The highest BCUT2D eigenvalue weighted by Gasteiger charge is 2.36. The number of allylic oxidation sites excluding steroid dienone is 2. The van der Waals surface area contributed by atoms with Crippen molar-refractivity contribution in [2.24, 2.45) is 17.6 Å². The van der Waals surface area contributed by atoms with Crippen LogP contribution in [0.2, 0.25) is 0 Å². The zero-order chi connectivity index (χ0) is 16.6. The monoisotopic (exact) mass is 311 g/mol. The number of hydrogen-bond acceptors (Lipinski definition) is 5. The molecule has 5 heteroatoms. The van der Waals surface area contributed by atoms with Gasteiger partial charge in [0.05, 0.1) is 5.92 Å². The van der Waals surface area contributed by atoms with Crippen molar-refractivity contribution in [3.05, 3.63) is 47.0 Å². The van der Waals surface area contributed by atoms with Crippen LogP contribution in [0, 0.1) is 11.8 Å². The minimum Gasteiger partial charge on any atom is -0.329 e. The largest absolute Gasteiger partial charge is 0.329 e. The number of Topliss-reactive ketones (excluding diaryl/α,β-unsaturated/α-hetero) is 4. The average Bonchev–Trinajstić information content (AvgIpc) is 2.55. The van der Waals surface area contributed by atoms with E-state index in [1.54, 1.807) is 30.3 Å². The summed E-state index contributed by atoms with van der Waals surface area (Å²) in [5.41, 5.74) is 6.66. The van der Waals surface area contributed by atoms with Crippen LogP contribution in [0.1, 0.15) is 40.0 Å². The summed E-state index contributed by atoms with van der Waals surface area (Å²) in [6.45, 7) is -0.00689. The molecule has 23 heavy (non-hydrogen) atoms. The van der Waals surface area contributed by atoms with Crippen LogP contribution in [0.15, 0.2) is 35.9 Å². The fraction of sp³-hybridized carbons (Fsp3) is 0.333. The molecule has 1 saturated carbocycles. The normalized spacial score (nSPS) is 26.6. The predicted molar refractivity (Wildman–Crippen MR) is 83.1 cm³/mol. The number of hydrogen-bond donors (Lipinski definition) is 1. The molecule has 1 aromatic carbocycles. The summed E-state index contributed by atoms with van der Waals surface area (Å²) in [6, 6.07) is 6.70. The first-order valence-electron chi connectivity index (χ1n) is 7.67. The number of fused-ring (bicyclic) bond motifs is 1. The minimum atomic E-state index is -0.785. The van der Waals surface area contributed by atoms with E-state index in [1.807, 2.05) is 0 Å². The van der Waals surface area contributed by atoms with Crippen molar-refractivity contribution in [2.75, 3.05) is 6.54 Å². The molecule has 0 aliphatic heterocycles. The topological polar surface area (TPSA) is 94.3 Å². The third-order valence-corrected chi connectivity index (χ3v) is 4.55. The predicted octanol–water partition coefficient (Wildman–Crippen LogP) is 1.51. The van der Waals surface area contributed by atoms with Gasteiger partial charge in [0.2, 0.25) is 0 Å². The number of nitrogens with two attached hydrogens (primary N) is 1. The molecule has 2 N–H and O–H groups in total. The van der Waals surface area contributed by atoms with Gasteiger partial charge in [-0.1, -0.05) is 30.3 Å². The second kappa shape index (κ2) is 6.01. The van der Waals surface area contributed by atoms with Gasteiger partial charge >= 0.3 is 0 Å². The Morgan fingerprint density at radius 3 is 2.48 bits per heavy atom. The van der Waals surface area contributed by atoms with Crippen LogP contribution < -0.4 is 5.73 Å². The maximum Gasteiger partial charge on any atom is 0.189 e. The molecule has 0 amide bonds. The van der Waals surface area contributed by atoms with E-state index in [2.05, 4.69) is 0 Å². The SMILES string of the molecule is NCC1C(=O)CCC(C=C2CC(=O)c3ccccc3C2=O)C1=O. The zero-order valence-corrected chi connectivity index (χ0v) is 12.6. The van der Waals surface area contributed by atoms with Crippen LogP contribution in [0.4, 0.5) is 0 Å². The maximum absolute atomic E-state index is 12.5. The molecule has 0 bridgehead atoms. The van der Waals surface area contributed by atoms with Crippen LogP contribution in [0.25, 0.3) is 0 Å². The van der Waals surface area contributed by atoms with E-state index in [0.29, 0.717) is 23.1 Å².